The number of aliphatic carboxylic acids is 1. The van der Waals surface area contributed by atoms with Crippen LogP contribution in [0.25, 0.3) is 0 Å². The van der Waals surface area contributed by atoms with Gasteiger partial charge in [-0.15, -0.1) is 0 Å². The molecule has 158 valence electrons. The molecule has 1 heterocycles. The van der Waals surface area contributed by atoms with Crippen LogP contribution in [0.3, 0.4) is 0 Å². The zero-order valence-electron chi connectivity index (χ0n) is 16.6. The summed E-state index contributed by atoms with van der Waals surface area (Å²) in [5.74, 6) is -0.805. The van der Waals surface area contributed by atoms with Crippen molar-refractivity contribution in [3.05, 3.63) is 48.6 Å². The highest BCUT2D eigenvalue weighted by molar-refractivity contribution is 5.66. The number of aliphatic hydroxyl groups excluding tert-OH is 3. The van der Waals surface area contributed by atoms with Gasteiger partial charge in [-0.25, -0.2) is 0 Å². The topological polar surface area (TPSA) is 107 Å². The summed E-state index contributed by atoms with van der Waals surface area (Å²) in [4.78, 5) is 10.4. The van der Waals surface area contributed by atoms with Gasteiger partial charge in [-0.3, -0.25) is 4.79 Å². The van der Waals surface area contributed by atoms with Crippen LogP contribution in [-0.2, 0) is 9.53 Å². The van der Waals surface area contributed by atoms with Gasteiger partial charge in [0.1, 0.15) is 6.10 Å². The molecule has 1 aliphatic heterocycles. The first-order valence-corrected chi connectivity index (χ1v) is 9.98. The molecule has 0 radical (unpaired) electrons. The maximum absolute atomic E-state index is 10.4. The van der Waals surface area contributed by atoms with Crippen LogP contribution in [0, 0.1) is 0 Å². The number of allylic oxidation sites excluding steroid dienone is 4. The Balaban J connectivity index is 2.29. The summed E-state index contributed by atoms with van der Waals surface area (Å²) in [6.45, 7) is 2.03. The molecule has 5 atom stereocenters. The van der Waals surface area contributed by atoms with E-state index >= 15 is 0 Å². The second-order valence-electron chi connectivity index (χ2n) is 6.92. The van der Waals surface area contributed by atoms with Crippen molar-refractivity contribution in [1.29, 1.82) is 0 Å². The van der Waals surface area contributed by atoms with E-state index in [9.17, 15) is 20.1 Å². The fraction of sp³-hybridized carbons (Fsp3) is 0.591. The largest absolute Gasteiger partial charge is 0.481 e. The van der Waals surface area contributed by atoms with Crippen LogP contribution >= 0.6 is 0 Å². The predicted molar refractivity (Wildman–Crippen MR) is 109 cm³/mol. The normalized spacial score (nSPS) is 25.5. The third-order valence-corrected chi connectivity index (χ3v) is 4.42. The monoisotopic (exact) mass is 394 g/mol. The molecule has 0 aromatic heterocycles. The summed E-state index contributed by atoms with van der Waals surface area (Å²) in [6, 6.07) is 0. The van der Waals surface area contributed by atoms with Gasteiger partial charge in [0.05, 0.1) is 24.4 Å². The van der Waals surface area contributed by atoms with Crippen LogP contribution in [0.5, 0.6) is 0 Å². The first-order valence-electron chi connectivity index (χ1n) is 9.98. The molecule has 0 unspecified atom stereocenters. The average Bonchev–Trinajstić information content (AvgIpc) is 3.03. The molecule has 0 aromatic rings. The van der Waals surface area contributed by atoms with Crippen LogP contribution < -0.4 is 0 Å². The fourth-order valence-electron chi connectivity index (χ4n) is 2.84. The summed E-state index contributed by atoms with van der Waals surface area (Å²) in [5.41, 5.74) is 0. The highest BCUT2D eigenvalue weighted by atomic mass is 16.5. The van der Waals surface area contributed by atoms with E-state index in [1.807, 2.05) is 43.4 Å². The van der Waals surface area contributed by atoms with Crippen LogP contribution in [0.2, 0.25) is 0 Å². The van der Waals surface area contributed by atoms with E-state index in [0.29, 0.717) is 32.1 Å². The van der Waals surface area contributed by atoms with Gasteiger partial charge in [0.2, 0.25) is 0 Å². The number of hydrogen-bond acceptors (Lipinski definition) is 5. The first-order chi connectivity index (χ1) is 13.4. The molecular weight excluding hydrogens is 360 g/mol. The summed E-state index contributed by atoms with van der Waals surface area (Å²) in [6.07, 6.45) is 15.3. The number of ether oxygens (including phenoxy) is 1. The molecule has 0 amide bonds. The van der Waals surface area contributed by atoms with Crippen molar-refractivity contribution in [2.75, 3.05) is 0 Å². The van der Waals surface area contributed by atoms with Gasteiger partial charge in [-0.05, 0) is 32.1 Å². The van der Waals surface area contributed by atoms with Gasteiger partial charge in [0, 0.05) is 12.8 Å². The number of hydrogen-bond donors (Lipinski definition) is 4. The van der Waals surface area contributed by atoms with E-state index in [0.717, 1.165) is 6.42 Å². The van der Waals surface area contributed by atoms with Gasteiger partial charge < -0.3 is 25.2 Å². The van der Waals surface area contributed by atoms with Gasteiger partial charge >= 0.3 is 5.97 Å². The van der Waals surface area contributed by atoms with Crippen molar-refractivity contribution >= 4 is 5.97 Å². The molecule has 1 fully saturated rings. The average molecular weight is 395 g/mol. The van der Waals surface area contributed by atoms with Crippen LogP contribution in [0.15, 0.2) is 48.6 Å². The lowest BCUT2D eigenvalue weighted by Gasteiger charge is -2.16. The molecule has 1 rings (SSSR count). The molecule has 6 heteroatoms. The third kappa shape index (κ3) is 10.6. The lowest BCUT2D eigenvalue weighted by atomic mass is 10.0. The highest BCUT2D eigenvalue weighted by Crippen LogP contribution is 2.25. The van der Waals surface area contributed by atoms with E-state index in [4.69, 9.17) is 9.84 Å². The summed E-state index contributed by atoms with van der Waals surface area (Å²) < 4.78 is 5.71. The third-order valence-electron chi connectivity index (χ3n) is 4.42. The Bertz CT molecular complexity index is 551. The van der Waals surface area contributed by atoms with Crippen molar-refractivity contribution in [1.82, 2.24) is 0 Å². The molecule has 0 aliphatic carbocycles. The van der Waals surface area contributed by atoms with Crippen molar-refractivity contribution in [2.24, 2.45) is 0 Å². The molecular formula is C22H34O6. The Labute approximate surface area is 167 Å². The zero-order valence-corrected chi connectivity index (χ0v) is 16.6. The minimum absolute atomic E-state index is 0.131. The lowest BCUT2D eigenvalue weighted by molar-refractivity contribution is -0.136. The van der Waals surface area contributed by atoms with Crippen LogP contribution in [-0.4, -0.2) is 56.9 Å². The number of carboxylic acids is 1. The predicted octanol–water partition coefficient (Wildman–Crippen LogP) is 2.90. The van der Waals surface area contributed by atoms with Gasteiger partial charge in [-0.2, -0.15) is 0 Å². The summed E-state index contributed by atoms with van der Waals surface area (Å²) in [5, 5.41) is 38.8. The van der Waals surface area contributed by atoms with Crippen LogP contribution in [0.4, 0.5) is 0 Å². The molecule has 0 bridgehead atoms. The molecule has 0 aromatic carbocycles. The molecule has 28 heavy (non-hydrogen) atoms. The first kappa shape index (κ1) is 24.3. The Morgan fingerprint density at radius 2 is 1.82 bits per heavy atom. The second-order valence-corrected chi connectivity index (χ2v) is 6.92. The molecule has 6 nitrogen and oxygen atoms in total. The van der Waals surface area contributed by atoms with Gasteiger partial charge in [0.15, 0.2) is 0 Å². The van der Waals surface area contributed by atoms with Gasteiger partial charge in [0.25, 0.3) is 0 Å². The smallest absolute Gasteiger partial charge is 0.303 e. The maximum atomic E-state index is 10.4. The van der Waals surface area contributed by atoms with Gasteiger partial charge in [-0.1, -0.05) is 55.5 Å². The van der Waals surface area contributed by atoms with Crippen molar-refractivity contribution in [3.8, 4) is 0 Å². The highest BCUT2D eigenvalue weighted by Gasteiger charge is 2.35. The SMILES string of the molecule is CC/C=C\C[C@@H](O)[C@@H]1C[C@H](O)[C@H](/C=C/[C@H](O)C/C=C\C/C=C\CCC(=O)O)O1. The number of aliphatic hydroxyl groups is 3. The van der Waals surface area contributed by atoms with Crippen molar-refractivity contribution in [3.63, 3.8) is 0 Å². The Morgan fingerprint density at radius 1 is 1.11 bits per heavy atom. The van der Waals surface area contributed by atoms with E-state index < -0.39 is 36.5 Å². The lowest BCUT2D eigenvalue weighted by Crippen LogP contribution is -2.25. The minimum Gasteiger partial charge on any atom is -0.481 e. The second kappa shape index (κ2) is 14.3. The van der Waals surface area contributed by atoms with Crippen LogP contribution in [0.1, 0.15) is 51.9 Å². The molecule has 0 saturated carbocycles. The minimum atomic E-state index is -0.805. The van der Waals surface area contributed by atoms with E-state index in [1.165, 1.54) is 0 Å². The number of carboxylic acid groups (broad SMARTS) is 1. The van der Waals surface area contributed by atoms with Crippen molar-refractivity contribution < 1.29 is 30.0 Å². The summed E-state index contributed by atoms with van der Waals surface area (Å²) in [7, 11) is 0. The Hall–Kier alpha value is -1.73. The Kier molecular flexibility index (Phi) is 12.4. The molecule has 0 spiro atoms. The van der Waals surface area contributed by atoms with E-state index in [-0.39, 0.29) is 6.42 Å². The number of carbonyl (C=O) groups is 1. The molecule has 1 aliphatic rings. The Morgan fingerprint density at radius 3 is 2.54 bits per heavy atom. The van der Waals surface area contributed by atoms with E-state index in [1.54, 1.807) is 12.2 Å². The molecule has 4 N–H and O–H groups in total. The zero-order chi connectivity index (χ0) is 20.8. The van der Waals surface area contributed by atoms with E-state index in [2.05, 4.69) is 0 Å². The fourth-order valence-corrected chi connectivity index (χ4v) is 2.84. The number of rotatable bonds is 13. The summed E-state index contributed by atoms with van der Waals surface area (Å²) >= 11 is 0. The maximum Gasteiger partial charge on any atom is 0.303 e. The molecule has 1 saturated heterocycles. The quantitative estimate of drug-likeness (QED) is 0.358. The van der Waals surface area contributed by atoms with Crippen molar-refractivity contribution in [2.45, 2.75) is 82.4 Å². The standard InChI is InChI=1S/C22H34O6/c1-2-3-8-12-18(24)21-16-19(25)20(28-21)15-14-17(23)11-9-6-4-5-7-10-13-22(26)27/h3,5-9,14-15,17-21,23-25H,2,4,10-13,16H2,1H3,(H,26,27)/b7-5-,8-3-,9-6-,15-14+/t17-,18-,19+,20+,21+/m1/s1.